The molecule has 0 aliphatic carbocycles. The summed E-state index contributed by atoms with van der Waals surface area (Å²) in [5.74, 6) is 0. The average Bonchev–Trinajstić information content (AvgIpc) is 3.09. The highest BCUT2D eigenvalue weighted by molar-refractivity contribution is 6.25. The molecule has 0 radical (unpaired) electrons. The van der Waals surface area contributed by atoms with E-state index >= 15 is 0 Å². The average molecular weight is 562 g/mol. The molecule has 8 rings (SSSR count). The molecule has 0 bridgehead atoms. The maximum absolute atomic E-state index is 4.77. The van der Waals surface area contributed by atoms with Gasteiger partial charge >= 0.3 is 0 Å². The van der Waals surface area contributed by atoms with Crippen molar-refractivity contribution in [2.24, 2.45) is 4.99 Å². The number of hydrogen-bond acceptors (Lipinski definition) is 1. The lowest BCUT2D eigenvalue weighted by molar-refractivity contribution is 1.07. The highest BCUT2D eigenvalue weighted by atomic mass is 14.7. The Bertz CT molecular complexity index is 2230. The second-order valence-electron chi connectivity index (χ2n) is 11.5. The molecule has 0 unspecified atom stereocenters. The molecule has 7 aromatic carbocycles. The Labute approximate surface area is 258 Å². The summed E-state index contributed by atoms with van der Waals surface area (Å²) in [5, 5.41) is 7.81. The first-order valence-corrected chi connectivity index (χ1v) is 15.4. The zero-order valence-electron chi connectivity index (χ0n) is 24.4. The van der Waals surface area contributed by atoms with Crippen LogP contribution in [0.25, 0.3) is 65.8 Å². The van der Waals surface area contributed by atoms with Gasteiger partial charge in [-0.15, -0.1) is 0 Å². The van der Waals surface area contributed by atoms with E-state index in [1.54, 1.807) is 0 Å². The number of nitrogens with zero attached hydrogens (tertiary/aromatic N) is 1. The zero-order chi connectivity index (χ0) is 29.3. The van der Waals surface area contributed by atoms with Gasteiger partial charge in [-0.05, 0) is 108 Å². The lowest BCUT2D eigenvalue weighted by atomic mass is 9.91. The Hall–Kier alpha value is -5.53. The van der Waals surface area contributed by atoms with Gasteiger partial charge in [-0.2, -0.15) is 0 Å². The molecule has 208 valence electrons. The summed E-state index contributed by atoms with van der Waals surface area (Å²) in [5.41, 5.74) is 9.67. The summed E-state index contributed by atoms with van der Waals surface area (Å²) in [6.07, 6.45) is 8.31. The van der Waals surface area contributed by atoms with E-state index in [9.17, 15) is 0 Å². The smallest absolute Gasteiger partial charge is 0.0662 e. The van der Waals surface area contributed by atoms with Crippen molar-refractivity contribution in [3.8, 4) is 22.3 Å². The van der Waals surface area contributed by atoms with Crippen LogP contribution >= 0.6 is 0 Å². The van der Waals surface area contributed by atoms with Gasteiger partial charge in [0.15, 0.2) is 0 Å². The van der Waals surface area contributed by atoms with Crippen molar-refractivity contribution in [1.82, 2.24) is 0 Å². The molecule has 0 N–H and O–H groups in total. The predicted molar refractivity (Wildman–Crippen MR) is 190 cm³/mol. The van der Waals surface area contributed by atoms with Gasteiger partial charge in [-0.1, -0.05) is 133 Å². The Morgan fingerprint density at radius 3 is 1.55 bits per heavy atom. The van der Waals surface area contributed by atoms with E-state index in [1.165, 1.54) is 65.7 Å². The monoisotopic (exact) mass is 561 g/mol. The van der Waals surface area contributed by atoms with Crippen molar-refractivity contribution in [1.29, 1.82) is 0 Å². The molecule has 0 aromatic heterocycles. The number of hydrogen-bond donors (Lipinski definition) is 0. The third-order valence-electron chi connectivity index (χ3n) is 8.82. The molecule has 0 amide bonds. The molecule has 0 spiro atoms. The molecule has 1 nitrogen and oxygen atoms in total. The van der Waals surface area contributed by atoms with Gasteiger partial charge in [0, 0.05) is 6.21 Å². The Morgan fingerprint density at radius 2 is 0.886 bits per heavy atom. The first-order valence-electron chi connectivity index (χ1n) is 15.4. The summed E-state index contributed by atoms with van der Waals surface area (Å²) in [4.78, 5) is 4.77. The van der Waals surface area contributed by atoms with Gasteiger partial charge in [-0.25, -0.2) is 0 Å². The van der Waals surface area contributed by atoms with Gasteiger partial charge in [0.1, 0.15) is 0 Å². The lowest BCUT2D eigenvalue weighted by Crippen LogP contribution is -1.91. The number of aliphatic imine (C=N–C) groups is 1. The quantitative estimate of drug-likeness (QED) is 0.190. The fourth-order valence-electron chi connectivity index (χ4n) is 6.61. The molecular formula is C43H31N. The van der Waals surface area contributed by atoms with Crippen molar-refractivity contribution in [3.63, 3.8) is 0 Å². The molecule has 1 aliphatic heterocycles. The minimum absolute atomic E-state index is 0.957. The van der Waals surface area contributed by atoms with E-state index in [4.69, 9.17) is 4.99 Å². The van der Waals surface area contributed by atoms with E-state index in [-0.39, 0.29) is 0 Å². The van der Waals surface area contributed by atoms with Crippen molar-refractivity contribution in [3.05, 3.63) is 169 Å². The van der Waals surface area contributed by atoms with Crippen LogP contribution in [0, 0.1) is 0 Å². The second-order valence-corrected chi connectivity index (χ2v) is 11.5. The highest BCUT2D eigenvalue weighted by Crippen LogP contribution is 2.38. The first-order chi connectivity index (χ1) is 21.8. The third-order valence-corrected chi connectivity index (χ3v) is 8.82. The highest BCUT2D eigenvalue weighted by Gasteiger charge is 2.11. The zero-order valence-corrected chi connectivity index (χ0v) is 24.4. The molecule has 7 aromatic rings. The number of rotatable bonds is 4. The van der Waals surface area contributed by atoms with Gasteiger partial charge in [0.2, 0.25) is 0 Å². The summed E-state index contributed by atoms with van der Waals surface area (Å²) < 4.78 is 0. The van der Waals surface area contributed by atoms with E-state index < -0.39 is 0 Å². The van der Waals surface area contributed by atoms with Crippen LogP contribution in [0.5, 0.6) is 0 Å². The number of benzene rings is 7. The molecule has 0 fully saturated rings. The summed E-state index contributed by atoms with van der Waals surface area (Å²) in [7, 11) is 0. The van der Waals surface area contributed by atoms with Gasteiger partial charge in [0.05, 0.1) is 5.70 Å². The van der Waals surface area contributed by atoms with E-state index in [0.717, 1.165) is 24.1 Å². The molecule has 0 saturated heterocycles. The molecular weight excluding hydrogens is 530 g/mol. The first kappa shape index (κ1) is 26.1. The van der Waals surface area contributed by atoms with Crippen LogP contribution in [0.4, 0.5) is 0 Å². The van der Waals surface area contributed by atoms with Gasteiger partial charge in [-0.3, -0.25) is 4.99 Å². The van der Waals surface area contributed by atoms with Crippen LogP contribution in [0.15, 0.2) is 163 Å². The largest absolute Gasteiger partial charge is 0.257 e. The molecule has 1 heteroatoms. The van der Waals surface area contributed by atoms with Crippen molar-refractivity contribution in [2.75, 3.05) is 0 Å². The lowest BCUT2D eigenvalue weighted by Gasteiger charge is -2.13. The third kappa shape index (κ3) is 4.83. The van der Waals surface area contributed by atoms with Crippen LogP contribution in [-0.4, -0.2) is 6.21 Å². The van der Waals surface area contributed by atoms with E-state index in [1.807, 2.05) is 12.3 Å². The summed E-state index contributed by atoms with van der Waals surface area (Å²) in [6.45, 7) is 0. The van der Waals surface area contributed by atoms with Gasteiger partial charge in [0.25, 0.3) is 0 Å². The minimum Gasteiger partial charge on any atom is -0.257 e. The molecule has 1 aliphatic rings. The number of fused-ring (bicyclic) bond motifs is 6. The van der Waals surface area contributed by atoms with Crippen molar-refractivity contribution in [2.45, 2.75) is 12.8 Å². The van der Waals surface area contributed by atoms with Crippen LogP contribution in [0.3, 0.4) is 0 Å². The fourth-order valence-corrected chi connectivity index (χ4v) is 6.61. The number of allylic oxidation sites excluding steroid dienone is 3. The molecule has 0 saturated carbocycles. The van der Waals surface area contributed by atoms with Gasteiger partial charge < -0.3 is 0 Å². The van der Waals surface area contributed by atoms with Crippen molar-refractivity contribution < 1.29 is 0 Å². The fraction of sp³-hybridized carbons (Fsp3) is 0.0465. The topological polar surface area (TPSA) is 12.4 Å². The van der Waals surface area contributed by atoms with Crippen LogP contribution in [-0.2, 0) is 0 Å². The maximum Gasteiger partial charge on any atom is 0.0662 e. The maximum atomic E-state index is 4.77. The molecule has 44 heavy (non-hydrogen) atoms. The summed E-state index contributed by atoms with van der Waals surface area (Å²) in [6, 6.07) is 52.8. The standard InChI is InChI=1S/C43H31N/c1-2-11-31(12-3-1)43-22-10-13-30(25-26-44-43)32-14-8-15-33(27-32)34-16-9-17-35(28-34)36-23-24-41-39-20-5-4-18-37(39)38-19-6-7-21-40(38)42(41)29-36/h1-9,11-12,14-29H,10,13H2/b30-25?,43-22-,44-26?. The van der Waals surface area contributed by atoms with Crippen LogP contribution in [0.1, 0.15) is 24.0 Å². The SMILES string of the molecule is C1=N/C(c2ccccc2)=C\CCC(c2cccc(-c3cccc(-c4ccc5c6ccccc6c6ccccc6c5c4)c3)c2)=C1. The minimum atomic E-state index is 0.957. The normalized spacial score (nSPS) is 14.6. The Balaban J connectivity index is 1.14. The Morgan fingerprint density at radius 1 is 0.386 bits per heavy atom. The van der Waals surface area contributed by atoms with E-state index in [2.05, 4.69) is 152 Å². The molecule has 0 atom stereocenters. The predicted octanol–water partition coefficient (Wildman–Crippen LogP) is 11.8. The summed E-state index contributed by atoms with van der Waals surface area (Å²) >= 11 is 0. The van der Waals surface area contributed by atoms with Crippen LogP contribution in [0.2, 0.25) is 0 Å². The second kappa shape index (κ2) is 11.3. The van der Waals surface area contributed by atoms with E-state index in [0.29, 0.717) is 0 Å². The molecule has 1 heterocycles. The van der Waals surface area contributed by atoms with Crippen LogP contribution < -0.4 is 0 Å². The Kier molecular flexibility index (Phi) is 6.70. The van der Waals surface area contributed by atoms with Crippen molar-refractivity contribution >= 4 is 49.8 Å².